The van der Waals surface area contributed by atoms with Gasteiger partial charge < -0.3 is 0 Å². The van der Waals surface area contributed by atoms with E-state index in [1.807, 2.05) is 0 Å². The van der Waals surface area contributed by atoms with Crippen molar-refractivity contribution in [2.75, 3.05) is 6.54 Å². The lowest BCUT2D eigenvalue weighted by Crippen LogP contribution is -1.97. The number of nitrogens with zero attached hydrogens (tertiary/aromatic N) is 1. The average molecular weight is 125 g/mol. The van der Waals surface area contributed by atoms with Crippen LogP contribution in [0.2, 0.25) is 0 Å². The molecule has 52 valence electrons. The van der Waals surface area contributed by atoms with Gasteiger partial charge in [0.15, 0.2) is 0 Å². The minimum absolute atomic E-state index is 0.872. The van der Waals surface area contributed by atoms with E-state index in [2.05, 4.69) is 18.8 Å². The van der Waals surface area contributed by atoms with Crippen molar-refractivity contribution in [2.24, 2.45) is 10.9 Å². The van der Waals surface area contributed by atoms with Crippen LogP contribution in [0.25, 0.3) is 0 Å². The molecular formula is C8H15N. The molecule has 0 saturated carbocycles. The molecule has 0 saturated heterocycles. The minimum atomic E-state index is 0.872. The van der Waals surface area contributed by atoms with Gasteiger partial charge in [0.05, 0.1) is 0 Å². The van der Waals surface area contributed by atoms with Gasteiger partial charge in [-0.15, -0.1) is 0 Å². The fraction of sp³-hybridized carbons (Fsp3) is 0.875. The van der Waals surface area contributed by atoms with Gasteiger partial charge in [0.2, 0.25) is 0 Å². The van der Waals surface area contributed by atoms with E-state index in [9.17, 15) is 0 Å². The van der Waals surface area contributed by atoms with Crippen LogP contribution in [-0.2, 0) is 0 Å². The van der Waals surface area contributed by atoms with Crippen LogP contribution in [0.1, 0.15) is 33.1 Å². The Morgan fingerprint density at radius 3 is 3.11 bits per heavy atom. The summed E-state index contributed by atoms with van der Waals surface area (Å²) in [6.45, 7) is 5.52. The predicted molar refractivity (Wildman–Crippen MR) is 41.0 cm³/mol. The van der Waals surface area contributed by atoms with Crippen LogP contribution in [0.15, 0.2) is 4.99 Å². The molecule has 1 nitrogen and oxygen atoms in total. The maximum absolute atomic E-state index is 4.39. The molecule has 0 spiro atoms. The first-order valence-corrected chi connectivity index (χ1v) is 3.79. The molecule has 1 aliphatic rings. The zero-order valence-electron chi connectivity index (χ0n) is 6.35. The van der Waals surface area contributed by atoms with Crippen LogP contribution in [0.4, 0.5) is 0 Å². The van der Waals surface area contributed by atoms with Gasteiger partial charge in [0, 0.05) is 12.3 Å². The van der Waals surface area contributed by atoms with E-state index < -0.39 is 0 Å². The number of hydrogen-bond acceptors (Lipinski definition) is 1. The van der Waals surface area contributed by atoms with E-state index in [0.717, 1.165) is 12.5 Å². The van der Waals surface area contributed by atoms with Gasteiger partial charge in [-0.1, -0.05) is 6.92 Å². The van der Waals surface area contributed by atoms with Crippen LogP contribution in [0, 0.1) is 5.92 Å². The summed E-state index contributed by atoms with van der Waals surface area (Å²) in [5.41, 5.74) is 1.35. The highest BCUT2D eigenvalue weighted by molar-refractivity contribution is 5.82. The lowest BCUT2D eigenvalue weighted by molar-refractivity contribution is 0.547. The fourth-order valence-electron chi connectivity index (χ4n) is 1.38. The van der Waals surface area contributed by atoms with Crippen molar-refractivity contribution in [3.8, 4) is 0 Å². The molecule has 9 heavy (non-hydrogen) atoms. The van der Waals surface area contributed by atoms with E-state index in [1.54, 1.807) is 0 Å². The average Bonchev–Trinajstić information content (AvgIpc) is 1.93. The Bertz CT molecular complexity index is 116. The number of rotatable bonds is 0. The summed E-state index contributed by atoms with van der Waals surface area (Å²) in [4.78, 5) is 4.39. The summed E-state index contributed by atoms with van der Waals surface area (Å²) in [7, 11) is 0. The Labute approximate surface area is 57.2 Å². The quantitative estimate of drug-likeness (QED) is 0.471. The Morgan fingerprint density at radius 2 is 2.33 bits per heavy atom. The Kier molecular flexibility index (Phi) is 2.26. The monoisotopic (exact) mass is 125 g/mol. The van der Waals surface area contributed by atoms with E-state index >= 15 is 0 Å². The second-order valence-electron chi connectivity index (χ2n) is 3.07. The van der Waals surface area contributed by atoms with Gasteiger partial charge in [-0.2, -0.15) is 0 Å². The molecular weight excluding hydrogens is 110 g/mol. The zero-order chi connectivity index (χ0) is 6.69. The molecule has 0 aromatic heterocycles. The van der Waals surface area contributed by atoms with Gasteiger partial charge in [0.1, 0.15) is 0 Å². The van der Waals surface area contributed by atoms with Crippen molar-refractivity contribution in [3.63, 3.8) is 0 Å². The van der Waals surface area contributed by atoms with E-state index in [4.69, 9.17) is 0 Å². The summed E-state index contributed by atoms with van der Waals surface area (Å²) in [6, 6.07) is 0. The van der Waals surface area contributed by atoms with Crippen molar-refractivity contribution in [3.05, 3.63) is 0 Å². The summed E-state index contributed by atoms with van der Waals surface area (Å²) < 4.78 is 0. The maximum atomic E-state index is 4.39. The molecule has 1 unspecified atom stereocenters. The molecule has 1 aliphatic heterocycles. The molecule has 0 aromatic rings. The highest BCUT2D eigenvalue weighted by Gasteiger charge is 2.06. The molecule has 1 heterocycles. The van der Waals surface area contributed by atoms with Crippen LogP contribution >= 0.6 is 0 Å². The Balaban J connectivity index is 2.44. The van der Waals surface area contributed by atoms with Gasteiger partial charge in [-0.05, 0) is 32.1 Å². The lowest BCUT2D eigenvalue weighted by Gasteiger charge is -2.04. The fourth-order valence-corrected chi connectivity index (χ4v) is 1.38. The topological polar surface area (TPSA) is 12.4 Å². The van der Waals surface area contributed by atoms with Crippen LogP contribution in [0.5, 0.6) is 0 Å². The standard InChI is InChI=1S/C8H15N/c1-7-4-3-5-9-8(2)6-7/h7H,3-6H2,1-2H3. The second-order valence-corrected chi connectivity index (χ2v) is 3.07. The first-order chi connectivity index (χ1) is 4.29. The van der Waals surface area contributed by atoms with Gasteiger partial charge in [-0.25, -0.2) is 0 Å². The molecule has 0 radical (unpaired) electrons. The first-order valence-electron chi connectivity index (χ1n) is 3.79. The zero-order valence-corrected chi connectivity index (χ0v) is 6.35. The summed E-state index contributed by atoms with van der Waals surface area (Å²) in [5.74, 6) is 0.872. The molecule has 1 atom stereocenters. The van der Waals surface area contributed by atoms with Crippen LogP contribution in [0.3, 0.4) is 0 Å². The van der Waals surface area contributed by atoms with E-state index in [-0.39, 0.29) is 0 Å². The molecule has 0 amide bonds. The molecule has 0 bridgehead atoms. The van der Waals surface area contributed by atoms with Gasteiger partial charge in [0.25, 0.3) is 0 Å². The molecule has 0 N–H and O–H groups in total. The Morgan fingerprint density at radius 1 is 1.56 bits per heavy atom. The van der Waals surface area contributed by atoms with E-state index in [1.165, 1.54) is 25.0 Å². The van der Waals surface area contributed by atoms with Crippen molar-refractivity contribution < 1.29 is 0 Å². The number of hydrogen-bond donors (Lipinski definition) is 0. The SMILES string of the molecule is CC1=NCCCC(C)C1. The van der Waals surface area contributed by atoms with Gasteiger partial charge >= 0.3 is 0 Å². The van der Waals surface area contributed by atoms with E-state index in [0.29, 0.717) is 0 Å². The molecule has 1 heteroatoms. The van der Waals surface area contributed by atoms with Gasteiger partial charge in [-0.3, -0.25) is 4.99 Å². The predicted octanol–water partition coefficient (Wildman–Crippen LogP) is 2.27. The third-order valence-electron chi connectivity index (χ3n) is 1.88. The first kappa shape index (κ1) is 6.79. The summed E-state index contributed by atoms with van der Waals surface area (Å²) in [5, 5.41) is 0. The minimum Gasteiger partial charge on any atom is -0.294 e. The van der Waals surface area contributed by atoms with Crippen molar-refractivity contribution in [1.29, 1.82) is 0 Å². The molecule has 1 rings (SSSR count). The van der Waals surface area contributed by atoms with Crippen LogP contribution < -0.4 is 0 Å². The van der Waals surface area contributed by atoms with Crippen molar-refractivity contribution in [2.45, 2.75) is 33.1 Å². The summed E-state index contributed by atoms with van der Waals surface area (Å²) in [6.07, 6.45) is 3.87. The highest BCUT2D eigenvalue weighted by atomic mass is 14.7. The highest BCUT2D eigenvalue weighted by Crippen LogP contribution is 2.14. The largest absolute Gasteiger partial charge is 0.294 e. The molecule has 0 aliphatic carbocycles. The van der Waals surface area contributed by atoms with Crippen LogP contribution in [-0.4, -0.2) is 12.3 Å². The van der Waals surface area contributed by atoms with Crippen molar-refractivity contribution in [1.82, 2.24) is 0 Å². The third kappa shape index (κ3) is 2.17. The number of aliphatic imine (C=N–C) groups is 1. The lowest BCUT2D eigenvalue weighted by atomic mass is 10.0. The Hall–Kier alpha value is -0.330. The third-order valence-corrected chi connectivity index (χ3v) is 1.88. The molecule has 0 fully saturated rings. The smallest absolute Gasteiger partial charge is 0.0388 e. The normalized spacial score (nSPS) is 29.1. The molecule has 0 aromatic carbocycles. The van der Waals surface area contributed by atoms with Crippen molar-refractivity contribution >= 4 is 5.71 Å². The summed E-state index contributed by atoms with van der Waals surface area (Å²) >= 11 is 0. The maximum Gasteiger partial charge on any atom is 0.0388 e. The second kappa shape index (κ2) is 3.00.